The van der Waals surface area contributed by atoms with E-state index in [0.717, 1.165) is 23.3 Å². The molecule has 2 aromatic rings. The molecule has 1 unspecified atom stereocenters. The summed E-state index contributed by atoms with van der Waals surface area (Å²) >= 11 is 5.39. The molecule has 7 heteroatoms. The molecule has 19 heavy (non-hydrogen) atoms. The molecule has 0 saturated heterocycles. The topological polar surface area (TPSA) is 57.0 Å². The van der Waals surface area contributed by atoms with Crippen molar-refractivity contribution in [3.63, 3.8) is 0 Å². The highest BCUT2D eigenvalue weighted by atomic mass is 32.1. The molecule has 1 N–H and O–H groups in total. The fraction of sp³-hybridized carbons (Fsp3) is 0.667. The first-order chi connectivity index (χ1) is 9.12. The molecule has 0 aromatic carbocycles. The molecule has 0 bridgehead atoms. The molecule has 106 valence electrons. The van der Waals surface area contributed by atoms with Gasteiger partial charge < -0.3 is 14.5 Å². The van der Waals surface area contributed by atoms with Crippen molar-refractivity contribution in [1.82, 2.24) is 19.3 Å². The average molecular weight is 284 g/mol. The summed E-state index contributed by atoms with van der Waals surface area (Å²) in [5, 5.41) is 4.50. The lowest BCUT2D eigenvalue weighted by molar-refractivity contribution is 0.0186. The quantitative estimate of drug-likeness (QED) is 0.820. The standard InChI is InChI=1S/C12H20N4O2S/c1-5-9-10-11(15(2)14-9)16(12(19)13-10)6-8(18-4)7-17-3/h8H,5-7H2,1-4H3,(H,13,19). The Morgan fingerprint density at radius 3 is 2.74 bits per heavy atom. The first-order valence-corrected chi connectivity index (χ1v) is 6.69. The van der Waals surface area contributed by atoms with Gasteiger partial charge in [-0.25, -0.2) is 0 Å². The smallest absolute Gasteiger partial charge is 0.179 e. The van der Waals surface area contributed by atoms with Gasteiger partial charge in [-0.3, -0.25) is 9.25 Å². The molecule has 0 spiro atoms. The molecule has 0 radical (unpaired) electrons. The molecule has 1 atom stereocenters. The molecular weight excluding hydrogens is 264 g/mol. The third-order valence-electron chi connectivity index (χ3n) is 3.23. The Morgan fingerprint density at radius 1 is 1.42 bits per heavy atom. The Kier molecular flexibility index (Phi) is 4.38. The van der Waals surface area contributed by atoms with Crippen LogP contribution in [0.3, 0.4) is 0 Å². The zero-order valence-electron chi connectivity index (χ0n) is 11.8. The summed E-state index contributed by atoms with van der Waals surface area (Å²) in [7, 11) is 5.27. The van der Waals surface area contributed by atoms with E-state index in [1.165, 1.54) is 0 Å². The minimum absolute atomic E-state index is 0.0318. The van der Waals surface area contributed by atoms with Gasteiger partial charge in [-0.05, 0) is 18.6 Å². The van der Waals surface area contributed by atoms with Crippen molar-refractivity contribution in [3.05, 3.63) is 10.5 Å². The predicted octanol–water partition coefficient (Wildman–Crippen LogP) is 1.66. The number of H-pyrrole nitrogens is 1. The van der Waals surface area contributed by atoms with E-state index in [2.05, 4.69) is 17.0 Å². The number of hydrogen-bond acceptors (Lipinski definition) is 4. The average Bonchev–Trinajstić information content (AvgIpc) is 2.87. The van der Waals surface area contributed by atoms with Crippen molar-refractivity contribution in [3.8, 4) is 0 Å². The Bertz CT molecular complexity index is 613. The van der Waals surface area contributed by atoms with Gasteiger partial charge in [-0.1, -0.05) is 6.92 Å². The van der Waals surface area contributed by atoms with Crippen LogP contribution in [0.5, 0.6) is 0 Å². The number of aromatic amines is 1. The van der Waals surface area contributed by atoms with Crippen LogP contribution in [-0.4, -0.2) is 46.3 Å². The van der Waals surface area contributed by atoms with Crippen LogP contribution < -0.4 is 0 Å². The summed E-state index contributed by atoms with van der Waals surface area (Å²) in [6.07, 6.45) is 0.842. The highest BCUT2D eigenvalue weighted by Gasteiger charge is 2.17. The van der Waals surface area contributed by atoms with E-state index in [-0.39, 0.29) is 6.10 Å². The maximum atomic E-state index is 5.41. The highest BCUT2D eigenvalue weighted by Crippen LogP contribution is 2.18. The number of aromatic nitrogens is 4. The minimum atomic E-state index is -0.0318. The van der Waals surface area contributed by atoms with Gasteiger partial charge >= 0.3 is 0 Å². The lowest BCUT2D eigenvalue weighted by Crippen LogP contribution is -2.24. The number of nitrogens with one attached hydrogen (secondary N) is 1. The van der Waals surface area contributed by atoms with Crippen LogP contribution >= 0.6 is 12.2 Å². The third kappa shape index (κ3) is 2.58. The summed E-state index contributed by atoms with van der Waals surface area (Å²) < 4.78 is 15.1. The second-order valence-electron chi connectivity index (χ2n) is 4.48. The van der Waals surface area contributed by atoms with Crippen LogP contribution in [0.4, 0.5) is 0 Å². The number of aryl methyl sites for hydroxylation is 2. The molecule has 0 amide bonds. The number of ether oxygens (including phenoxy) is 2. The summed E-state index contributed by atoms with van der Waals surface area (Å²) in [5.41, 5.74) is 3.05. The van der Waals surface area contributed by atoms with Crippen molar-refractivity contribution in [2.75, 3.05) is 20.8 Å². The van der Waals surface area contributed by atoms with Gasteiger partial charge in [-0.2, -0.15) is 5.10 Å². The van der Waals surface area contributed by atoms with Crippen LogP contribution in [0.25, 0.3) is 11.2 Å². The summed E-state index contributed by atoms with van der Waals surface area (Å²) in [5.74, 6) is 0. The maximum Gasteiger partial charge on any atom is 0.179 e. The van der Waals surface area contributed by atoms with Crippen LogP contribution in [0, 0.1) is 4.77 Å². The lowest BCUT2D eigenvalue weighted by atomic mass is 10.3. The number of nitrogens with zero attached hydrogens (tertiary/aromatic N) is 3. The molecule has 2 heterocycles. The molecular formula is C12H20N4O2S. The fourth-order valence-corrected chi connectivity index (χ4v) is 2.54. The second kappa shape index (κ2) is 5.85. The molecule has 0 aliphatic carbocycles. The zero-order chi connectivity index (χ0) is 14.0. The maximum absolute atomic E-state index is 5.41. The molecule has 6 nitrogen and oxygen atoms in total. The van der Waals surface area contributed by atoms with E-state index in [1.54, 1.807) is 14.2 Å². The fourth-order valence-electron chi connectivity index (χ4n) is 2.28. The van der Waals surface area contributed by atoms with Crippen LogP contribution in [0.2, 0.25) is 0 Å². The minimum Gasteiger partial charge on any atom is -0.382 e. The van der Waals surface area contributed by atoms with Gasteiger partial charge in [-0.15, -0.1) is 0 Å². The molecule has 2 aromatic heterocycles. The molecule has 2 rings (SSSR count). The lowest BCUT2D eigenvalue weighted by Gasteiger charge is -2.15. The first-order valence-electron chi connectivity index (χ1n) is 6.28. The van der Waals surface area contributed by atoms with E-state index >= 15 is 0 Å². The van der Waals surface area contributed by atoms with Gasteiger partial charge in [0.15, 0.2) is 10.4 Å². The zero-order valence-corrected chi connectivity index (χ0v) is 12.6. The van der Waals surface area contributed by atoms with Crippen LogP contribution in [-0.2, 0) is 29.5 Å². The Hall–Kier alpha value is -1.18. The molecule has 0 saturated carbocycles. The van der Waals surface area contributed by atoms with Gasteiger partial charge in [0.25, 0.3) is 0 Å². The normalized spacial score (nSPS) is 13.3. The van der Waals surface area contributed by atoms with Gasteiger partial charge in [0, 0.05) is 21.3 Å². The molecule has 0 aliphatic heterocycles. The summed E-state index contributed by atoms with van der Waals surface area (Å²) in [6.45, 7) is 3.26. The Balaban J connectivity index is 2.45. The second-order valence-corrected chi connectivity index (χ2v) is 4.86. The molecule has 0 fully saturated rings. The van der Waals surface area contributed by atoms with Crippen molar-refractivity contribution < 1.29 is 9.47 Å². The van der Waals surface area contributed by atoms with E-state index in [0.29, 0.717) is 17.9 Å². The van der Waals surface area contributed by atoms with E-state index in [9.17, 15) is 0 Å². The predicted molar refractivity (Wildman–Crippen MR) is 75.9 cm³/mol. The Morgan fingerprint density at radius 2 is 2.16 bits per heavy atom. The molecule has 0 aliphatic rings. The summed E-state index contributed by atoms with van der Waals surface area (Å²) in [4.78, 5) is 3.24. The van der Waals surface area contributed by atoms with Crippen LogP contribution in [0.1, 0.15) is 12.6 Å². The van der Waals surface area contributed by atoms with Crippen molar-refractivity contribution in [1.29, 1.82) is 0 Å². The van der Waals surface area contributed by atoms with Crippen molar-refractivity contribution in [2.45, 2.75) is 26.0 Å². The van der Waals surface area contributed by atoms with E-state index in [1.807, 2.05) is 16.3 Å². The number of hydrogen-bond donors (Lipinski definition) is 1. The number of fused-ring (bicyclic) bond motifs is 1. The first kappa shape index (κ1) is 14.2. The van der Waals surface area contributed by atoms with Crippen molar-refractivity contribution in [2.24, 2.45) is 7.05 Å². The number of imidazole rings is 1. The largest absolute Gasteiger partial charge is 0.382 e. The van der Waals surface area contributed by atoms with Gasteiger partial charge in [0.1, 0.15) is 5.52 Å². The monoisotopic (exact) mass is 284 g/mol. The Labute approximate surface area is 117 Å². The number of methoxy groups -OCH3 is 2. The van der Waals surface area contributed by atoms with Crippen molar-refractivity contribution >= 4 is 23.4 Å². The third-order valence-corrected chi connectivity index (χ3v) is 3.55. The van der Waals surface area contributed by atoms with Gasteiger partial charge in [0.05, 0.1) is 24.9 Å². The van der Waals surface area contributed by atoms with E-state index in [4.69, 9.17) is 21.7 Å². The van der Waals surface area contributed by atoms with Gasteiger partial charge in [0.2, 0.25) is 0 Å². The SMILES string of the molecule is CCc1nn(C)c2c1[nH]c(=S)n2CC(COC)OC. The highest BCUT2D eigenvalue weighted by molar-refractivity contribution is 7.71. The van der Waals surface area contributed by atoms with Crippen LogP contribution in [0.15, 0.2) is 0 Å². The number of rotatable bonds is 6. The summed E-state index contributed by atoms with van der Waals surface area (Å²) in [6, 6.07) is 0. The van der Waals surface area contributed by atoms with E-state index < -0.39 is 0 Å².